The zero-order valence-electron chi connectivity index (χ0n) is 23.0. The van der Waals surface area contributed by atoms with Gasteiger partial charge in [-0.1, -0.05) is 74.4 Å². The summed E-state index contributed by atoms with van der Waals surface area (Å²) in [7, 11) is -4.05. The fourth-order valence-corrected chi connectivity index (χ4v) is 6.09. The Labute approximate surface area is 230 Å². The molecule has 4 N–H and O–H groups in total. The lowest BCUT2D eigenvalue weighted by Crippen LogP contribution is -2.42. The number of carbonyl (C=O) groups is 2. The molecule has 0 saturated carbocycles. The monoisotopic (exact) mass is 551 g/mol. The summed E-state index contributed by atoms with van der Waals surface area (Å²) < 4.78 is 28.6. The first-order valence-electron chi connectivity index (χ1n) is 13.0. The van der Waals surface area contributed by atoms with Crippen molar-refractivity contribution < 1.29 is 23.1 Å². The van der Waals surface area contributed by atoms with Crippen molar-refractivity contribution in [3.8, 4) is 11.1 Å². The van der Waals surface area contributed by atoms with Crippen LogP contribution in [-0.2, 0) is 21.2 Å². The highest BCUT2D eigenvalue weighted by atomic mass is 32.2. The van der Waals surface area contributed by atoms with Crippen LogP contribution in [0.15, 0.2) is 65.6 Å². The van der Waals surface area contributed by atoms with Crippen molar-refractivity contribution in [2.24, 2.45) is 5.92 Å². The molecule has 3 rings (SSSR count). The van der Waals surface area contributed by atoms with E-state index in [1.807, 2.05) is 43.3 Å². The number of urea groups is 1. The van der Waals surface area contributed by atoms with Gasteiger partial charge in [0.15, 0.2) is 0 Å². The first kappa shape index (κ1) is 29.9. The third-order valence-corrected chi connectivity index (χ3v) is 8.40. The predicted molar refractivity (Wildman–Crippen MR) is 154 cm³/mol. The van der Waals surface area contributed by atoms with E-state index >= 15 is 0 Å². The number of carboxylic acid groups (broad SMARTS) is 1. The minimum atomic E-state index is -4.05. The van der Waals surface area contributed by atoms with Crippen LogP contribution in [0, 0.1) is 26.7 Å². The molecule has 0 saturated heterocycles. The Hall–Kier alpha value is -3.69. The summed E-state index contributed by atoms with van der Waals surface area (Å²) in [6, 6.07) is 16.6. The van der Waals surface area contributed by atoms with E-state index < -0.39 is 22.0 Å². The summed E-state index contributed by atoms with van der Waals surface area (Å²) in [6.07, 6.45) is 0.966. The third kappa shape index (κ3) is 8.15. The Morgan fingerprint density at radius 1 is 0.923 bits per heavy atom. The van der Waals surface area contributed by atoms with Gasteiger partial charge in [0, 0.05) is 12.2 Å². The van der Waals surface area contributed by atoms with Crippen LogP contribution in [0.25, 0.3) is 11.1 Å². The predicted octanol–water partition coefficient (Wildman–Crippen LogP) is 5.42. The molecule has 0 fully saturated rings. The quantitative estimate of drug-likeness (QED) is 0.253. The molecular weight excluding hydrogens is 514 g/mol. The second kappa shape index (κ2) is 12.9. The van der Waals surface area contributed by atoms with E-state index in [1.165, 1.54) is 0 Å². The number of hydrogen-bond acceptors (Lipinski definition) is 4. The minimum Gasteiger partial charge on any atom is -0.480 e. The highest BCUT2D eigenvalue weighted by Gasteiger charge is 2.28. The Balaban J connectivity index is 1.72. The van der Waals surface area contributed by atoms with E-state index in [0.29, 0.717) is 34.8 Å². The molecule has 0 aliphatic rings. The van der Waals surface area contributed by atoms with Crippen molar-refractivity contribution in [3.63, 3.8) is 0 Å². The molecule has 8 nitrogen and oxygen atoms in total. The topological polar surface area (TPSA) is 125 Å². The average molecular weight is 552 g/mol. The maximum absolute atomic E-state index is 13.1. The second-order valence-electron chi connectivity index (χ2n) is 10.1. The van der Waals surface area contributed by atoms with Gasteiger partial charge < -0.3 is 15.7 Å². The van der Waals surface area contributed by atoms with Crippen LogP contribution in [0.4, 0.5) is 10.5 Å². The number of carboxylic acids is 1. The molecule has 9 heteroatoms. The van der Waals surface area contributed by atoms with Crippen molar-refractivity contribution in [2.75, 3.05) is 11.9 Å². The van der Waals surface area contributed by atoms with E-state index in [-0.39, 0.29) is 17.3 Å². The number of carbonyl (C=O) groups excluding carboxylic acids is 1. The Morgan fingerprint density at radius 3 is 2.15 bits per heavy atom. The zero-order valence-corrected chi connectivity index (χ0v) is 23.9. The van der Waals surface area contributed by atoms with Gasteiger partial charge >= 0.3 is 12.0 Å². The largest absolute Gasteiger partial charge is 0.480 e. The maximum Gasteiger partial charge on any atom is 0.322 e. The fraction of sp³-hybridized carbons (Fsp3) is 0.333. The van der Waals surface area contributed by atoms with Crippen LogP contribution in [0.2, 0.25) is 0 Å². The first-order valence-corrected chi connectivity index (χ1v) is 14.4. The normalized spacial score (nSPS) is 12.9. The zero-order chi connectivity index (χ0) is 28.7. The van der Waals surface area contributed by atoms with Crippen LogP contribution < -0.4 is 15.4 Å². The SMILES string of the molecule is CCC(C)CNC(=O)Nc1cccc(-c2ccc(CC(NS(=O)(=O)c3c(C)cc(C)cc3C)C(=O)O)cc2)c1. The van der Waals surface area contributed by atoms with Gasteiger partial charge in [0.1, 0.15) is 6.04 Å². The Morgan fingerprint density at radius 2 is 1.56 bits per heavy atom. The molecule has 0 aliphatic carbocycles. The molecule has 3 aromatic rings. The highest BCUT2D eigenvalue weighted by Crippen LogP contribution is 2.25. The number of aryl methyl sites for hydroxylation is 3. The summed E-state index contributed by atoms with van der Waals surface area (Å²) in [5.74, 6) is -0.858. The number of sulfonamides is 1. The van der Waals surface area contributed by atoms with Gasteiger partial charge in [0.05, 0.1) is 4.90 Å². The van der Waals surface area contributed by atoms with E-state index in [1.54, 1.807) is 38.1 Å². The van der Waals surface area contributed by atoms with Crippen molar-refractivity contribution in [1.82, 2.24) is 10.0 Å². The molecule has 2 amide bonds. The fourth-order valence-electron chi connectivity index (χ4n) is 4.45. The van der Waals surface area contributed by atoms with Gasteiger partial charge in [-0.25, -0.2) is 13.2 Å². The van der Waals surface area contributed by atoms with Crippen molar-refractivity contribution in [3.05, 3.63) is 82.9 Å². The van der Waals surface area contributed by atoms with Gasteiger partial charge in [0.2, 0.25) is 10.0 Å². The van der Waals surface area contributed by atoms with Crippen LogP contribution in [-0.4, -0.2) is 38.1 Å². The molecular formula is C30H37N3O5S. The molecule has 3 aromatic carbocycles. The lowest BCUT2D eigenvalue weighted by Gasteiger charge is -2.18. The summed E-state index contributed by atoms with van der Waals surface area (Å²) >= 11 is 0. The molecule has 39 heavy (non-hydrogen) atoms. The minimum absolute atomic E-state index is 0.0171. The summed E-state index contributed by atoms with van der Waals surface area (Å²) in [5, 5.41) is 15.5. The standard InChI is InChI=1S/C30H37N3O5S/c1-6-19(2)18-31-30(36)32-26-9-7-8-25(17-26)24-12-10-23(11-13-24)16-27(29(34)35)33-39(37,38)28-21(4)14-20(3)15-22(28)5/h7-15,17,19,27,33H,6,16,18H2,1-5H3,(H,34,35)(H2,31,32,36). The summed E-state index contributed by atoms with van der Waals surface area (Å²) in [6.45, 7) is 10.0. The number of benzene rings is 3. The lowest BCUT2D eigenvalue weighted by atomic mass is 10.0. The van der Waals surface area contributed by atoms with Crippen LogP contribution in [0.1, 0.15) is 42.5 Å². The molecule has 0 aliphatic heterocycles. The summed E-state index contributed by atoms with van der Waals surface area (Å²) in [4.78, 5) is 24.3. The van der Waals surface area contributed by atoms with Gasteiger partial charge in [-0.3, -0.25) is 4.79 Å². The second-order valence-corrected chi connectivity index (χ2v) is 11.7. The first-order chi connectivity index (χ1) is 18.4. The molecule has 0 aromatic heterocycles. The molecule has 2 unspecified atom stereocenters. The van der Waals surface area contributed by atoms with E-state index in [4.69, 9.17) is 0 Å². The number of anilines is 1. The van der Waals surface area contributed by atoms with E-state index in [0.717, 1.165) is 23.1 Å². The van der Waals surface area contributed by atoms with E-state index in [2.05, 4.69) is 29.2 Å². The van der Waals surface area contributed by atoms with Crippen molar-refractivity contribution in [2.45, 2.75) is 58.4 Å². The number of rotatable bonds is 11. The molecule has 0 radical (unpaired) electrons. The van der Waals surface area contributed by atoms with Crippen LogP contribution in [0.3, 0.4) is 0 Å². The van der Waals surface area contributed by atoms with Crippen LogP contribution in [0.5, 0.6) is 0 Å². The lowest BCUT2D eigenvalue weighted by molar-refractivity contribution is -0.138. The van der Waals surface area contributed by atoms with Gasteiger partial charge in [-0.05, 0) is 73.1 Å². The van der Waals surface area contributed by atoms with Gasteiger partial charge in [-0.2, -0.15) is 4.72 Å². The molecule has 0 heterocycles. The van der Waals surface area contributed by atoms with Crippen molar-refractivity contribution in [1.29, 1.82) is 0 Å². The maximum atomic E-state index is 13.1. The Kier molecular flexibility index (Phi) is 9.88. The van der Waals surface area contributed by atoms with E-state index in [9.17, 15) is 23.1 Å². The number of aliphatic carboxylic acids is 1. The number of nitrogens with one attached hydrogen (secondary N) is 3. The highest BCUT2D eigenvalue weighted by molar-refractivity contribution is 7.89. The summed E-state index contributed by atoms with van der Waals surface area (Å²) in [5.41, 5.74) is 5.15. The third-order valence-electron chi connectivity index (χ3n) is 6.62. The van der Waals surface area contributed by atoms with Crippen molar-refractivity contribution >= 4 is 27.7 Å². The number of hydrogen-bond donors (Lipinski definition) is 4. The smallest absolute Gasteiger partial charge is 0.322 e. The number of amides is 2. The molecule has 2 atom stereocenters. The average Bonchev–Trinajstić information content (AvgIpc) is 2.86. The van der Waals surface area contributed by atoms with Crippen LogP contribution >= 0.6 is 0 Å². The molecule has 208 valence electrons. The Bertz CT molecular complexity index is 1410. The van der Waals surface area contributed by atoms with Gasteiger partial charge in [-0.15, -0.1) is 0 Å². The molecule has 0 bridgehead atoms. The van der Waals surface area contributed by atoms with Gasteiger partial charge in [0.25, 0.3) is 0 Å². The molecule has 0 spiro atoms.